The first-order valence-corrected chi connectivity index (χ1v) is 6.48. The molecule has 1 rings (SSSR count). The number of hydrogen-bond donors (Lipinski definition) is 1. The van der Waals surface area contributed by atoms with Crippen molar-refractivity contribution in [3.8, 4) is 6.07 Å². The molecule has 0 aliphatic carbocycles. The van der Waals surface area contributed by atoms with Crippen molar-refractivity contribution in [3.63, 3.8) is 0 Å². The van der Waals surface area contributed by atoms with E-state index in [9.17, 15) is 0 Å². The van der Waals surface area contributed by atoms with E-state index >= 15 is 0 Å². The van der Waals surface area contributed by atoms with Gasteiger partial charge >= 0.3 is 0 Å². The molecule has 3 nitrogen and oxygen atoms in total. The third-order valence-electron chi connectivity index (χ3n) is 2.70. The minimum atomic E-state index is 0.470. The molecule has 0 saturated carbocycles. The zero-order chi connectivity index (χ0) is 12.3. The van der Waals surface area contributed by atoms with Crippen LogP contribution in [0.3, 0.4) is 0 Å². The van der Waals surface area contributed by atoms with Gasteiger partial charge in [0.1, 0.15) is 17.6 Å². The van der Waals surface area contributed by atoms with Crippen LogP contribution in [0.5, 0.6) is 0 Å². The predicted molar refractivity (Wildman–Crippen MR) is 70.8 cm³/mol. The van der Waals surface area contributed by atoms with E-state index in [1.165, 1.54) is 38.5 Å². The molecule has 0 amide bonds. The smallest absolute Gasteiger partial charge is 0.142 e. The Labute approximate surface area is 104 Å². The van der Waals surface area contributed by atoms with Crippen LogP contribution in [-0.4, -0.2) is 11.5 Å². The zero-order valence-electron chi connectivity index (χ0n) is 10.6. The van der Waals surface area contributed by atoms with Gasteiger partial charge in [0, 0.05) is 6.54 Å². The first-order chi connectivity index (χ1) is 8.36. The number of nitrogens with one attached hydrogen (secondary N) is 1. The van der Waals surface area contributed by atoms with Crippen molar-refractivity contribution in [2.45, 2.75) is 45.4 Å². The van der Waals surface area contributed by atoms with Crippen LogP contribution < -0.4 is 5.32 Å². The second-order valence-electron chi connectivity index (χ2n) is 4.21. The maximum absolute atomic E-state index is 8.71. The molecular formula is C14H21N3. The molecule has 0 aromatic carbocycles. The average Bonchev–Trinajstić information content (AvgIpc) is 2.38. The molecule has 92 valence electrons. The highest BCUT2D eigenvalue weighted by Crippen LogP contribution is 2.07. The topological polar surface area (TPSA) is 48.7 Å². The molecule has 1 heterocycles. The highest BCUT2D eigenvalue weighted by Gasteiger charge is 1.95. The molecule has 1 N–H and O–H groups in total. The Balaban J connectivity index is 2.12. The Bertz CT molecular complexity index is 355. The van der Waals surface area contributed by atoms with Crippen LogP contribution in [-0.2, 0) is 0 Å². The number of anilines is 1. The number of rotatable bonds is 8. The van der Waals surface area contributed by atoms with Gasteiger partial charge in [-0.3, -0.25) is 0 Å². The number of hydrogen-bond acceptors (Lipinski definition) is 3. The summed E-state index contributed by atoms with van der Waals surface area (Å²) in [6.45, 7) is 3.17. The molecule has 0 bridgehead atoms. The second kappa shape index (κ2) is 8.58. The largest absolute Gasteiger partial charge is 0.370 e. The minimum Gasteiger partial charge on any atom is -0.370 e. The summed E-state index contributed by atoms with van der Waals surface area (Å²) < 4.78 is 0. The molecule has 0 fully saturated rings. The van der Waals surface area contributed by atoms with Crippen LogP contribution >= 0.6 is 0 Å². The fraction of sp³-hybridized carbons (Fsp3) is 0.571. The molecule has 3 heteroatoms. The van der Waals surface area contributed by atoms with E-state index in [1.54, 1.807) is 6.07 Å². The highest BCUT2D eigenvalue weighted by atomic mass is 15.0. The van der Waals surface area contributed by atoms with E-state index in [1.807, 2.05) is 18.2 Å². The van der Waals surface area contributed by atoms with Crippen LogP contribution in [0.2, 0.25) is 0 Å². The predicted octanol–water partition coefficient (Wildman–Crippen LogP) is 3.73. The summed E-state index contributed by atoms with van der Waals surface area (Å²) in [5.74, 6) is 0.803. The Kier molecular flexibility index (Phi) is 6.81. The quantitative estimate of drug-likeness (QED) is 0.693. The van der Waals surface area contributed by atoms with Crippen molar-refractivity contribution in [1.29, 1.82) is 5.26 Å². The summed E-state index contributed by atoms with van der Waals surface area (Å²) in [4.78, 5) is 4.17. The van der Waals surface area contributed by atoms with E-state index < -0.39 is 0 Å². The van der Waals surface area contributed by atoms with Crippen LogP contribution in [0.15, 0.2) is 18.2 Å². The van der Waals surface area contributed by atoms with Crippen molar-refractivity contribution in [3.05, 3.63) is 23.9 Å². The highest BCUT2D eigenvalue weighted by molar-refractivity contribution is 5.38. The molecule has 0 radical (unpaired) electrons. The van der Waals surface area contributed by atoms with Gasteiger partial charge in [-0.05, 0) is 18.6 Å². The lowest BCUT2D eigenvalue weighted by atomic mass is 10.1. The SMILES string of the molecule is CCCCCCCCNc1cccc(C#N)n1. The standard InChI is InChI=1S/C14H21N3/c1-2-3-4-5-6-7-11-16-14-10-8-9-13(12-15)17-14/h8-10H,2-7,11H2,1H3,(H,16,17). The summed E-state index contributed by atoms with van der Waals surface area (Å²) in [6, 6.07) is 7.52. The lowest BCUT2D eigenvalue weighted by Gasteiger charge is -2.05. The summed E-state index contributed by atoms with van der Waals surface area (Å²) in [7, 11) is 0. The maximum Gasteiger partial charge on any atom is 0.142 e. The second-order valence-corrected chi connectivity index (χ2v) is 4.21. The van der Waals surface area contributed by atoms with Gasteiger partial charge in [-0.15, -0.1) is 0 Å². The average molecular weight is 231 g/mol. The van der Waals surface area contributed by atoms with E-state index in [0.717, 1.165) is 12.4 Å². The molecule has 17 heavy (non-hydrogen) atoms. The summed E-state index contributed by atoms with van der Waals surface area (Å²) in [5.41, 5.74) is 0.470. The van der Waals surface area contributed by atoms with E-state index in [-0.39, 0.29) is 0 Å². The number of nitrogens with zero attached hydrogens (tertiary/aromatic N) is 2. The monoisotopic (exact) mass is 231 g/mol. The Morgan fingerprint density at radius 1 is 1.18 bits per heavy atom. The summed E-state index contributed by atoms with van der Waals surface area (Å²) >= 11 is 0. The Morgan fingerprint density at radius 2 is 1.94 bits per heavy atom. The van der Waals surface area contributed by atoms with Crippen LogP contribution in [0.1, 0.15) is 51.1 Å². The van der Waals surface area contributed by atoms with Gasteiger partial charge in [-0.1, -0.05) is 45.1 Å². The van der Waals surface area contributed by atoms with E-state index in [4.69, 9.17) is 5.26 Å². The Hall–Kier alpha value is -1.56. The molecule has 0 saturated heterocycles. The number of unbranched alkanes of at least 4 members (excludes halogenated alkanes) is 5. The van der Waals surface area contributed by atoms with Crippen molar-refractivity contribution in [2.75, 3.05) is 11.9 Å². The lowest BCUT2D eigenvalue weighted by Crippen LogP contribution is -2.03. The van der Waals surface area contributed by atoms with Gasteiger partial charge in [-0.2, -0.15) is 5.26 Å². The van der Waals surface area contributed by atoms with Gasteiger partial charge in [0.2, 0.25) is 0 Å². The van der Waals surface area contributed by atoms with Crippen molar-refractivity contribution >= 4 is 5.82 Å². The first kappa shape index (κ1) is 13.5. The number of nitriles is 1. The van der Waals surface area contributed by atoms with Crippen molar-refractivity contribution < 1.29 is 0 Å². The summed E-state index contributed by atoms with van der Waals surface area (Å²) in [6.07, 6.45) is 7.75. The maximum atomic E-state index is 8.71. The first-order valence-electron chi connectivity index (χ1n) is 6.48. The molecule has 0 spiro atoms. The van der Waals surface area contributed by atoms with E-state index in [0.29, 0.717) is 5.69 Å². The molecule has 1 aromatic rings. The molecule has 0 aliphatic heterocycles. The lowest BCUT2D eigenvalue weighted by molar-refractivity contribution is 0.617. The molecule has 1 aromatic heterocycles. The van der Waals surface area contributed by atoms with Crippen molar-refractivity contribution in [1.82, 2.24) is 4.98 Å². The fourth-order valence-corrected chi connectivity index (χ4v) is 1.72. The molecule has 0 atom stereocenters. The third kappa shape index (κ3) is 5.91. The number of aromatic nitrogens is 1. The van der Waals surface area contributed by atoms with Gasteiger partial charge in [-0.25, -0.2) is 4.98 Å². The zero-order valence-corrected chi connectivity index (χ0v) is 10.6. The van der Waals surface area contributed by atoms with E-state index in [2.05, 4.69) is 17.2 Å². The normalized spacial score (nSPS) is 9.88. The number of pyridine rings is 1. The molecule has 0 aliphatic rings. The van der Waals surface area contributed by atoms with Gasteiger partial charge < -0.3 is 5.32 Å². The third-order valence-corrected chi connectivity index (χ3v) is 2.70. The van der Waals surface area contributed by atoms with Gasteiger partial charge in [0.05, 0.1) is 0 Å². The Morgan fingerprint density at radius 3 is 2.71 bits per heavy atom. The minimum absolute atomic E-state index is 0.470. The molecular weight excluding hydrogens is 210 g/mol. The van der Waals surface area contributed by atoms with Gasteiger partial charge in [0.25, 0.3) is 0 Å². The van der Waals surface area contributed by atoms with Crippen LogP contribution in [0, 0.1) is 11.3 Å². The van der Waals surface area contributed by atoms with Crippen LogP contribution in [0.25, 0.3) is 0 Å². The fourth-order valence-electron chi connectivity index (χ4n) is 1.72. The summed E-state index contributed by atoms with van der Waals surface area (Å²) in [5, 5.41) is 12.0. The van der Waals surface area contributed by atoms with Gasteiger partial charge in [0.15, 0.2) is 0 Å². The van der Waals surface area contributed by atoms with Crippen molar-refractivity contribution in [2.24, 2.45) is 0 Å². The molecule has 0 unspecified atom stereocenters. The van der Waals surface area contributed by atoms with Crippen LogP contribution in [0.4, 0.5) is 5.82 Å².